The number of allylic oxidation sites excluding steroid dienone is 2. The average Bonchev–Trinajstić information content (AvgIpc) is 3.04. The second-order valence-electron chi connectivity index (χ2n) is 8.41. The number of unbranched alkanes of at least 4 members (excludes halogenated alkanes) is 1. The Morgan fingerprint density at radius 1 is 1.19 bits per heavy atom. The van der Waals surface area contributed by atoms with E-state index in [1.54, 1.807) is 6.08 Å². The van der Waals surface area contributed by atoms with Crippen LogP contribution in [0.4, 0.5) is 0 Å². The highest BCUT2D eigenvalue weighted by molar-refractivity contribution is 5.69. The van der Waals surface area contributed by atoms with Gasteiger partial charge in [-0.15, -0.1) is 0 Å². The van der Waals surface area contributed by atoms with Crippen molar-refractivity contribution in [2.45, 2.75) is 76.6 Å². The van der Waals surface area contributed by atoms with E-state index in [1.165, 1.54) is 5.56 Å². The highest BCUT2D eigenvalue weighted by Gasteiger charge is 2.39. The zero-order valence-electron chi connectivity index (χ0n) is 18.6. The molecule has 0 unspecified atom stereocenters. The van der Waals surface area contributed by atoms with Gasteiger partial charge in [-0.25, -0.2) is 0 Å². The predicted octanol–water partition coefficient (Wildman–Crippen LogP) is 3.96. The van der Waals surface area contributed by atoms with Gasteiger partial charge in [0.1, 0.15) is 0 Å². The topological polar surface area (TPSA) is 87.0 Å². The van der Waals surface area contributed by atoms with Gasteiger partial charge in [0.05, 0.1) is 24.9 Å². The van der Waals surface area contributed by atoms with Crippen LogP contribution in [0.25, 0.3) is 0 Å². The van der Waals surface area contributed by atoms with Crippen LogP contribution >= 0.6 is 0 Å². The summed E-state index contributed by atoms with van der Waals surface area (Å²) < 4.78 is 5.06. The third-order valence-corrected chi connectivity index (χ3v) is 5.84. The summed E-state index contributed by atoms with van der Waals surface area (Å²) in [6, 6.07) is 10.0. The van der Waals surface area contributed by atoms with Crippen LogP contribution < -0.4 is 0 Å². The van der Waals surface area contributed by atoms with Gasteiger partial charge in [0.15, 0.2) is 0 Å². The highest BCUT2D eigenvalue weighted by Crippen LogP contribution is 2.36. The highest BCUT2D eigenvalue weighted by atomic mass is 16.5. The van der Waals surface area contributed by atoms with E-state index in [1.807, 2.05) is 55.5 Å². The van der Waals surface area contributed by atoms with Crippen molar-refractivity contribution in [3.8, 4) is 0 Å². The summed E-state index contributed by atoms with van der Waals surface area (Å²) in [5.74, 6) is -0.394. The number of esters is 1. The van der Waals surface area contributed by atoms with E-state index in [2.05, 4.69) is 0 Å². The molecule has 1 saturated carbocycles. The second kappa shape index (κ2) is 14.2. The molecule has 1 aromatic carbocycles. The summed E-state index contributed by atoms with van der Waals surface area (Å²) >= 11 is 0. The second-order valence-corrected chi connectivity index (χ2v) is 8.41. The third-order valence-electron chi connectivity index (χ3n) is 5.84. The SMILES string of the molecule is CCCOC(=O)CCC/C=C\C[C@@H]1[C@@H](/C=C/[C@@H](O)CCc2ccccc2)[C@H](O)C[C@@H]1O. The van der Waals surface area contributed by atoms with E-state index in [9.17, 15) is 20.1 Å². The van der Waals surface area contributed by atoms with Gasteiger partial charge in [-0.2, -0.15) is 0 Å². The summed E-state index contributed by atoms with van der Waals surface area (Å²) in [7, 11) is 0. The largest absolute Gasteiger partial charge is 0.466 e. The summed E-state index contributed by atoms with van der Waals surface area (Å²) in [4.78, 5) is 11.5. The summed E-state index contributed by atoms with van der Waals surface area (Å²) in [5, 5.41) is 31.0. The van der Waals surface area contributed by atoms with Crippen LogP contribution in [0, 0.1) is 11.8 Å². The Kier molecular flexibility index (Phi) is 11.6. The number of hydrogen-bond acceptors (Lipinski definition) is 5. The van der Waals surface area contributed by atoms with Crippen molar-refractivity contribution in [3.63, 3.8) is 0 Å². The first-order valence-corrected chi connectivity index (χ1v) is 11.6. The van der Waals surface area contributed by atoms with Gasteiger partial charge in [0, 0.05) is 18.8 Å². The van der Waals surface area contributed by atoms with Crippen LogP contribution in [0.15, 0.2) is 54.6 Å². The Morgan fingerprint density at radius 2 is 1.97 bits per heavy atom. The molecule has 5 atom stereocenters. The quantitative estimate of drug-likeness (QED) is 0.250. The van der Waals surface area contributed by atoms with Gasteiger partial charge < -0.3 is 20.1 Å². The maximum atomic E-state index is 11.5. The molecule has 0 spiro atoms. The number of carbonyl (C=O) groups excluding carboxylic acids is 1. The van der Waals surface area contributed by atoms with Crippen LogP contribution in [-0.2, 0) is 16.0 Å². The molecule has 1 aliphatic carbocycles. The minimum atomic E-state index is -0.598. The van der Waals surface area contributed by atoms with Crippen molar-refractivity contribution in [1.82, 2.24) is 0 Å². The number of aliphatic hydroxyl groups excluding tert-OH is 3. The van der Waals surface area contributed by atoms with Crippen LogP contribution in [-0.4, -0.2) is 46.2 Å². The Morgan fingerprint density at radius 3 is 2.71 bits per heavy atom. The molecule has 0 radical (unpaired) electrons. The Balaban J connectivity index is 1.75. The molecule has 3 N–H and O–H groups in total. The Hall–Kier alpha value is -1.95. The number of benzene rings is 1. The molecule has 1 aliphatic rings. The molecule has 0 aliphatic heterocycles. The fourth-order valence-electron chi connectivity index (χ4n) is 4.04. The van der Waals surface area contributed by atoms with E-state index in [0.29, 0.717) is 32.3 Å². The maximum absolute atomic E-state index is 11.5. The lowest BCUT2D eigenvalue weighted by Gasteiger charge is -2.19. The molecule has 0 saturated heterocycles. The zero-order valence-corrected chi connectivity index (χ0v) is 18.6. The van der Waals surface area contributed by atoms with E-state index in [0.717, 1.165) is 25.7 Å². The minimum absolute atomic E-state index is 0.0710. The third kappa shape index (κ3) is 9.38. The molecule has 0 amide bonds. The van der Waals surface area contributed by atoms with Crippen molar-refractivity contribution in [3.05, 3.63) is 60.2 Å². The molecule has 5 nitrogen and oxygen atoms in total. The maximum Gasteiger partial charge on any atom is 0.305 e. The number of rotatable bonds is 13. The lowest BCUT2D eigenvalue weighted by molar-refractivity contribution is -0.143. The first-order valence-electron chi connectivity index (χ1n) is 11.6. The molecular weight excluding hydrogens is 392 g/mol. The van der Waals surface area contributed by atoms with Gasteiger partial charge in [0.2, 0.25) is 0 Å². The monoisotopic (exact) mass is 430 g/mol. The van der Waals surface area contributed by atoms with Crippen LogP contribution in [0.3, 0.4) is 0 Å². The molecule has 5 heteroatoms. The van der Waals surface area contributed by atoms with E-state index in [-0.39, 0.29) is 17.8 Å². The van der Waals surface area contributed by atoms with E-state index < -0.39 is 18.3 Å². The number of carbonyl (C=O) groups is 1. The molecule has 1 aromatic rings. The average molecular weight is 431 g/mol. The summed E-state index contributed by atoms with van der Waals surface area (Å²) in [5.41, 5.74) is 1.19. The summed E-state index contributed by atoms with van der Waals surface area (Å²) in [6.45, 7) is 2.45. The van der Waals surface area contributed by atoms with E-state index in [4.69, 9.17) is 4.74 Å². The van der Waals surface area contributed by atoms with Crippen molar-refractivity contribution in [2.24, 2.45) is 11.8 Å². The zero-order chi connectivity index (χ0) is 22.5. The number of ether oxygens (including phenoxy) is 1. The number of aliphatic hydroxyl groups is 3. The molecule has 172 valence electrons. The van der Waals surface area contributed by atoms with Crippen molar-refractivity contribution in [2.75, 3.05) is 6.61 Å². The Bertz CT molecular complexity index is 684. The molecule has 2 rings (SSSR count). The van der Waals surface area contributed by atoms with Gasteiger partial charge >= 0.3 is 5.97 Å². The van der Waals surface area contributed by atoms with Gasteiger partial charge in [-0.3, -0.25) is 4.79 Å². The van der Waals surface area contributed by atoms with Crippen molar-refractivity contribution >= 4 is 5.97 Å². The molecule has 0 heterocycles. The number of aryl methyl sites for hydroxylation is 1. The molecule has 0 bridgehead atoms. The van der Waals surface area contributed by atoms with Crippen LogP contribution in [0.5, 0.6) is 0 Å². The van der Waals surface area contributed by atoms with Crippen LogP contribution in [0.1, 0.15) is 57.4 Å². The van der Waals surface area contributed by atoms with Gasteiger partial charge in [-0.1, -0.05) is 61.6 Å². The fraction of sp³-hybridized carbons (Fsp3) is 0.577. The molecule has 31 heavy (non-hydrogen) atoms. The van der Waals surface area contributed by atoms with Crippen molar-refractivity contribution in [1.29, 1.82) is 0 Å². The lowest BCUT2D eigenvalue weighted by Crippen LogP contribution is -2.20. The predicted molar refractivity (Wildman–Crippen MR) is 122 cm³/mol. The Labute approximate surface area is 186 Å². The van der Waals surface area contributed by atoms with Crippen molar-refractivity contribution < 1.29 is 24.9 Å². The molecule has 1 fully saturated rings. The number of hydrogen-bond donors (Lipinski definition) is 3. The smallest absolute Gasteiger partial charge is 0.305 e. The first kappa shape index (κ1) is 25.3. The molecule has 0 aromatic heterocycles. The summed E-state index contributed by atoms with van der Waals surface area (Å²) in [6.07, 6.45) is 11.2. The standard InChI is InChI=1S/C26H38O5/c1-2-18-31-26(30)13-9-4-3-8-12-22-23(25(29)19-24(22)28)17-16-21(27)15-14-20-10-6-5-7-11-20/h3,5-8,10-11,16-17,21-25,27-29H,2,4,9,12-15,18-19H2,1H3/b8-3-,17-16+/t21-,22+,23+,24-,25+/m0/s1. The van der Waals surface area contributed by atoms with Gasteiger partial charge in [-0.05, 0) is 50.0 Å². The first-order chi connectivity index (χ1) is 15.0. The van der Waals surface area contributed by atoms with Gasteiger partial charge in [0.25, 0.3) is 0 Å². The fourth-order valence-corrected chi connectivity index (χ4v) is 4.04. The van der Waals surface area contributed by atoms with Crippen LogP contribution in [0.2, 0.25) is 0 Å². The lowest BCUT2D eigenvalue weighted by atomic mass is 9.89. The minimum Gasteiger partial charge on any atom is -0.466 e. The van der Waals surface area contributed by atoms with E-state index >= 15 is 0 Å². The molecular formula is C26H38O5. The normalized spacial score (nSPS) is 24.8.